The summed E-state index contributed by atoms with van der Waals surface area (Å²) >= 11 is 0. The fourth-order valence-corrected chi connectivity index (χ4v) is 11.1. The van der Waals surface area contributed by atoms with Crippen LogP contribution >= 0.6 is 0 Å². The summed E-state index contributed by atoms with van der Waals surface area (Å²) < 4.78 is 0. The van der Waals surface area contributed by atoms with Crippen LogP contribution in [0.1, 0.15) is 57.2 Å². The van der Waals surface area contributed by atoms with Crippen molar-refractivity contribution in [1.82, 2.24) is 14.7 Å². The summed E-state index contributed by atoms with van der Waals surface area (Å²) in [7, 11) is 0. The first kappa shape index (κ1) is 39.2. The van der Waals surface area contributed by atoms with Crippen LogP contribution in [0.15, 0.2) is 213 Å². The second kappa shape index (κ2) is 16.9. The molecular formula is C59H54N6. The van der Waals surface area contributed by atoms with Crippen LogP contribution < -0.4 is 14.7 Å². The summed E-state index contributed by atoms with van der Waals surface area (Å²) in [5, 5.41) is 0. The predicted octanol–water partition coefficient (Wildman–Crippen LogP) is 12.1. The van der Waals surface area contributed by atoms with Crippen molar-refractivity contribution in [1.29, 1.82) is 0 Å². The fourth-order valence-electron chi connectivity index (χ4n) is 11.1. The van der Waals surface area contributed by atoms with Gasteiger partial charge in [-0.05, 0) is 88.5 Å². The van der Waals surface area contributed by atoms with Gasteiger partial charge in [-0.1, -0.05) is 164 Å². The molecule has 5 aliphatic heterocycles. The van der Waals surface area contributed by atoms with Crippen LogP contribution in [0.3, 0.4) is 0 Å². The highest BCUT2D eigenvalue weighted by Crippen LogP contribution is 2.51. The molecule has 0 amide bonds. The number of anilines is 3. The van der Waals surface area contributed by atoms with E-state index in [1.807, 2.05) is 0 Å². The SMILES string of the molecule is C1=C(c2ccccc2)N(c2ccccc2)CN1CCc1cc2cc(c1)C1CC(CN3C=C(c4ccccc4)N(c4ccccc4)C3)c3ccccc3N3C(c4ccccc4)=CN(CC2)C13. The van der Waals surface area contributed by atoms with Crippen LogP contribution in [0.5, 0.6) is 0 Å². The predicted molar refractivity (Wildman–Crippen MR) is 268 cm³/mol. The van der Waals surface area contributed by atoms with Gasteiger partial charge >= 0.3 is 0 Å². The van der Waals surface area contributed by atoms with Crippen molar-refractivity contribution in [3.05, 3.63) is 252 Å². The summed E-state index contributed by atoms with van der Waals surface area (Å²) in [5.74, 6) is 0.575. The van der Waals surface area contributed by atoms with Gasteiger partial charge in [0.2, 0.25) is 0 Å². The van der Waals surface area contributed by atoms with Crippen molar-refractivity contribution in [2.45, 2.75) is 37.3 Å². The number of nitrogens with zero attached hydrogens (tertiary/aromatic N) is 6. The van der Waals surface area contributed by atoms with E-state index in [4.69, 9.17) is 0 Å². The summed E-state index contributed by atoms with van der Waals surface area (Å²) in [4.78, 5) is 15.4. The van der Waals surface area contributed by atoms with Crippen molar-refractivity contribution in [3.8, 4) is 0 Å². The molecule has 0 aliphatic carbocycles. The molecule has 3 unspecified atom stereocenters. The lowest BCUT2D eigenvalue weighted by Crippen LogP contribution is -2.45. The molecule has 320 valence electrons. The molecule has 0 N–H and O–H groups in total. The standard InChI is InChI=1S/C59H54N6/c1-6-18-46(19-7-1)56-39-60(42-63(56)51-24-12-4-13-25-51)32-30-44-34-45-31-33-62-41-58(48-22-10-3-11-23-48)65-55-29-17-16-28-53(55)50(37-54(59(62)65)49(35-44)36-45)38-61-40-57(47-20-8-2-9-21-47)64(43-61)52-26-14-5-15-27-52/h1-29,34-36,39-41,50,54,59H,30-33,37-38,42-43H2. The normalized spacial score (nSPS) is 19.8. The third-order valence-corrected chi connectivity index (χ3v) is 14.2. The molecule has 5 heterocycles. The number of hydrogen-bond donors (Lipinski definition) is 0. The molecule has 12 rings (SSSR count). The van der Waals surface area contributed by atoms with Crippen LogP contribution in [0, 0.1) is 0 Å². The fraction of sp³-hybridized carbons (Fsp3) is 0.186. The Hall–Kier alpha value is -7.44. The number of para-hydroxylation sites is 3. The zero-order valence-corrected chi connectivity index (χ0v) is 36.8. The molecular weight excluding hydrogens is 793 g/mol. The summed E-state index contributed by atoms with van der Waals surface area (Å²) in [6.07, 6.45) is 10.5. The lowest BCUT2D eigenvalue weighted by Gasteiger charge is -2.40. The molecule has 0 radical (unpaired) electrons. The minimum absolute atomic E-state index is 0.170. The van der Waals surface area contributed by atoms with E-state index in [0.717, 1.165) is 52.2 Å². The van der Waals surface area contributed by atoms with E-state index >= 15 is 0 Å². The summed E-state index contributed by atoms with van der Waals surface area (Å²) in [6, 6.07) is 71.5. The van der Waals surface area contributed by atoms with Gasteiger partial charge in [0.15, 0.2) is 0 Å². The van der Waals surface area contributed by atoms with Crippen LogP contribution in [-0.4, -0.2) is 53.8 Å². The van der Waals surface area contributed by atoms with E-state index in [2.05, 4.69) is 242 Å². The molecule has 6 heteroatoms. The Kier molecular flexibility index (Phi) is 10.2. The van der Waals surface area contributed by atoms with Crippen molar-refractivity contribution < 1.29 is 0 Å². The van der Waals surface area contributed by atoms with E-state index in [-0.39, 0.29) is 12.1 Å². The Morgan fingerprint density at radius 2 is 1.03 bits per heavy atom. The highest BCUT2D eigenvalue weighted by molar-refractivity contribution is 5.85. The highest BCUT2D eigenvalue weighted by atomic mass is 15.4. The highest BCUT2D eigenvalue weighted by Gasteiger charge is 2.45. The van der Waals surface area contributed by atoms with Gasteiger partial charge in [-0.3, -0.25) is 0 Å². The van der Waals surface area contributed by atoms with Crippen LogP contribution in [0.2, 0.25) is 0 Å². The van der Waals surface area contributed by atoms with Crippen LogP contribution in [0.4, 0.5) is 17.1 Å². The number of fused-ring (bicyclic) bond motifs is 5. The van der Waals surface area contributed by atoms with Gasteiger partial charge in [-0.2, -0.15) is 0 Å². The quantitative estimate of drug-likeness (QED) is 0.136. The summed E-state index contributed by atoms with van der Waals surface area (Å²) in [5.41, 5.74) is 17.1. The average Bonchev–Trinajstić information content (AvgIpc) is 4.09. The van der Waals surface area contributed by atoms with E-state index in [1.54, 1.807) is 0 Å². The van der Waals surface area contributed by atoms with Gasteiger partial charge < -0.3 is 29.4 Å². The van der Waals surface area contributed by atoms with Crippen molar-refractivity contribution in [2.75, 3.05) is 47.7 Å². The first-order valence-electron chi connectivity index (χ1n) is 23.4. The number of rotatable bonds is 10. The Bertz CT molecular complexity index is 2880. The molecule has 7 aromatic carbocycles. The zero-order valence-electron chi connectivity index (χ0n) is 36.8. The van der Waals surface area contributed by atoms with Gasteiger partial charge in [0.25, 0.3) is 0 Å². The molecule has 0 spiro atoms. The first-order valence-corrected chi connectivity index (χ1v) is 23.4. The molecule has 2 bridgehead atoms. The van der Waals surface area contributed by atoms with Gasteiger partial charge in [0.05, 0.1) is 30.4 Å². The van der Waals surface area contributed by atoms with E-state index in [1.165, 1.54) is 73.1 Å². The largest absolute Gasteiger partial charge is 0.357 e. The maximum absolute atomic E-state index is 2.72. The van der Waals surface area contributed by atoms with Crippen molar-refractivity contribution in [2.24, 2.45) is 0 Å². The molecule has 65 heavy (non-hydrogen) atoms. The number of hydrogen-bond acceptors (Lipinski definition) is 6. The van der Waals surface area contributed by atoms with Crippen LogP contribution in [0.25, 0.3) is 17.1 Å². The minimum atomic E-state index is 0.170. The second-order valence-corrected chi connectivity index (χ2v) is 18.2. The maximum Gasteiger partial charge on any atom is 0.113 e. The molecule has 0 fully saturated rings. The second-order valence-electron chi connectivity index (χ2n) is 18.2. The summed E-state index contributed by atoms with van der Waals surface area (Å²) in [6.45, 7) is 4.50. The van der Waals surface area contributed by atoms with E-state index < -0.39 is 0 Å². The monoisotopic (exact) mass is 846 g/mol. The first-order chi connectivity index (χ1) is 32.2. The Morgan fingerprint density at radius 1 is 0.492 bits per heavy atom. The van der Waals surface area contributed by atoms with Crippen molar-refractivity contribution in [3.63, 3.8) is 0 Å². The molecule has 3 atom stereocenters. The molecule has 5 aliphatic rings. The van der Waals surface area contributed by atoms with Gasteiger partial charge in [0, 0.05) is 67.1 Å². The van der Waals surface area contributed by atoms with Gasteiger partial charge in [0.1, 0.15) is 6.17 Å². The molecule has 7 aromatic rings. The van der Waals surface area contributed by atoms with Crippen molar-refractivity contribution >= 4 is 34.2 Å². The van der Waals surface area contributed by atoms with Gasteiger partial charge in [-0.15, -0.1) is 0 Å². The molecule has 0 aromatic heterocycles. The Labute approximate surface area is 383 Å². The topological polar surface area (TPSA) is 19.4 Å². The molecule has 0 saturated heterocycles. The minimum Gasteiger partial charge on any atom is -0.357 e. The zero-order chi connectivity index (χ0) is 43.1. The maximum atomic E-state index is 2.72. The Morgan fingerprint density at radius 3 is 1.66 bits per heavy atom. The average molecular weight is 847 g/mol. The van der Waals surface area contributed by atoms with Gasteiger partial charge in [-0.25, -0.2) is 0 Å². The van der Waals surface area contributed by atoms with Crippen LogP contribution in [-0.2, 0) is 12.8 Å². The Balaban J connectivity index is 0.900. The smallest absolute Gasteiger partial charge is 0.113 e. The third-order valence-electron chi connectivity index (χ3n) is 14.2. The number of benzene rings is 7. The van der Waals surface area contributed by atoms with E-state index in [0.29, 0.717) is 5.92 Å². The third kappa shape index (κ3) is 7.53. The lowest BCUT2D eigenvalue weighted by atomic mass is 9.81. The molecule has 6 nitrogen and oxygen atoms in total. The molecule has 0 saturated carbocycles. The van der Waals surface area contributed by atoms with E-state index in [9.17, 15) is 0 Å². The lowest BCUT2D eigenvalue weighted by molar-refractivity contribution is 0.244.